The highest BCUT2D eigenvalue weighted by Gasteiger charge is 2.14. The highest BCUT2D eigenvalue weighted by molar-refractivity contribution is 5.85. The molecule has 0 fully saturated rings. The Morgan fingerprint density at radius 3 is 2.33 bits per heavy atom. The number of rotatable bonds is 8. The van der Waals surface area contributed by atoms with Crippen LogP contribution in [0.1, 0.15) is 44.2 Å². The molecule has 0 aromatic heterocycles. The lowest BCUT2D eigenvalue weighted by molar-refractivity contribution is -0.122. The summed E-state index contributed by atoms with van der Waals surface area (Å²) >= 11 is 0. The van der Waals surface area contributed by atoms with Crippen molar-refractivity contribution >= 4 is 24.3 Å². The van der Waals surface area contributed by atoms with Gasteiger partial charge < -0.3 is 11.1 Å². The molecule has 0 aliphatic carbocycles. The van der Waals surface area contributed by atoms with E-state index in [1.165, 1.54) is 5.56 Å². The first-order valence-corrected chi connectivity index (χ1v) is 8.04. The number of hydrazine groups is 1. The van der Waals surface area contributed by atoms with Crippen LogP contribution in [0.25, 0.3) is 0 Å². The predicted molar refractivity (Wildman–Crippen MR) is 101 cm³/mol. The van der Waals surface area contributed by atoms with Gasteiger partial charge in [-0.1, -0.05) is 38.1 Å². The van der Waals surface area contributed by atoms with Crippen molar-refractivity contribution in [1.82, 2.24) is 10.3 Å². The highest BCUT2D eigenvalue weighted by Crippen LogP contribution is 2.17. The van der Waals surface area contributed by atoms with Crippen LogP contribution in [0.2, 0.25) is 0 Å². The molecule has 6 nitrogen and oxygen atoms in total. The normalized spacial score (nSPS) is 11.5. The Morgan fingerprint density at radius 1 is 1.25 bits per heavy atom. The van der Waals surface area contributed by atoms with E-state index in [1.54, 1.807) is 0 Å². The van der Waals surface area contributed by atoms with Gasteiger partial charge in [-0.25, -0.2) is 5.84 Å². The molecule has 0 bridgehead atoms. The van der Waals surface area contributed by atoms with Gasteiger partial charge in [0, 0.05) is 13.1 Å². The van der Waals surface area contributed by atoms with Crippen LogP contribution in [0.15, 0.2) is 24.3 Å². The van der Waals surface area contributed by atoms with Crippen molar-refractivity contribution in [3.63, 3.8) is 0 Å². The van der Waals surface area contributed by atoms with Crippen LogP contribution in [0.5, 0.6) is 0 Å². The van der Waals surface area contributed by atoms with Gasteiger partial charge in [0.05, 0.1) is 5.92 Å². The monoisotopic (exact) mass is 355 g/mol. The molecule has 1 aromatic rings. The largest absolute Gasteiger partial charge is 0.369 e. The summed E-state index contributed by atoms with van der Waals surface area (Å²) in [5.74, 6) is 5.76. The van der Waals surface area contributed by atoms with Crippen molar-refractivity contribution in [3.05, 3.63) is 35.4 Å². The van der Waals surface area contributed by atoms with E-state index in [2.05, 4.69) is 31.3 Å². The lowest BCUT2D eigenvalue weighted by Gasteiger charge is -2.17. The number of amides is 1. The number of carbonyl (C=O) groups is 1. The second kappa shape index (κ2) is 10.9. The van der Waals surface area contributed by atoms with Crippen LogP contribution >= 0.6 is 12.4 Å². The summed E-state index contributed by atoms with van der Waals surface area (Å²) in [7, 11) is 0. The van der Waals surface area contributed by atoms with E-state index < -0.39 is 0 Å². The summed E-state index contributed by atoms with van der Waals surface area (Å²) in [5, 5.41) is 11.2. The predicted octanol–water partition coefficient (Wildman–Crippen LogP) is 1.99. The van der Waals surface area contributed by atoms with Gasteiger partial charge >= 0.3 is 0 Å². The van der Waals surface area contributed by atoms with Gasteiger partial charge in [-0.2, -0.15) is 0 Å². The fourth-order valence-corrected chi connectivity index (χ4v) is 2.30. The summed E-state index contributed by atoms with van der Waals surface area (Å²) in [5.41, 5.74) is 7.55. The smallest absolute Gasteiger partial charge is 0.227 e. The van der Waals surface area contributed by atoms with Crippen LogP contribution in [0.3, 0.4) is 0 Å². The molecule has 6 N–H and O–H groups in total. The van der Waals surface area contributed by atoms with Crippen molar-refractivity contribution in [3.8, 4) is 0 Å². The van der Waals surface area contributed by atoms with Gasteiger partial charge in [-0.05, 0) is 36.8 Å². The molecule has 24 heavy (non-hydrogen) atoms. The molecule has 0 aliphatic heterocycles. The number of nitrogens with two attached hydrogens (primary N) is 2. The van der Waals surface area contributed by atoms with Crippen LogP contribution < -0.4 is 16.9 Å². The lowest BCUT2D eigenvalue weighted by Crippen LogP contribution is -2.43. The van der Waals surface area contributed by atoms with Gasteiger partial charge in [-0.15, -0.1) is 12.4 Å². The Balaban J connectivity index is 0.00000529. The molecule has 0 heterocycles. The molecule has 0 aliphatic rings. The molecule has 7 heteroatoms. The van der Waals surface area contributed by atoms with Gasteiger partial charge in [0.1, 0.15) is 0 Å². The van der Waals surface area contributed by atoms with Crippen molar-refractivity contribution in [2.45, 2.75) is 39.5 Å². The summed E-state index contributed by atoms with van der Waals surface area (Å²) < 4.78 is 0. The molecule has 1 amide bonds. The van der Waals surface area contributed by atoms with Crippen molar-refractivity contribution in [1.29, 1.82) is 5.41 Å². The molecule has 0 saturated heterocycles. The molecule has 1 rings (SSSR count). The standard InChI is InChI=1S/C17H29N5O.ClH/c1-12(2)11-14-5-7-15(8-6-14)13(3)16(23)21-9-4-10-22(20)17(18)19;/h5-8,12-13H,4,9-11,20H2,1-3H3,(H3,18,19)(H,21,23);1H/t13-;/m1./s1. The van der Waals surface area contributed by atoms with Gasteiger partial charge in [-0.3, -0.25) is 15.2 Å². The minimum atomic E-state index is -0.190. The summed E-state index contributed by atoms with van der Waals surface area (Å²) in [4.78, 5) is 12.2. The number of hydrogen-bond acceptors (Lipinski definition) is 3. The fraction of sp³-hybridized carbons (Fsp3) is 0.529. The summed E-state index contributed by atoms with van der Waals surface area (Å²) in [6.45, 7) is 7.23. The highest BCUT2D eigenvalue weighted by atomic mass is 35.5. The van der Waals surface area contributed by atoms with Gasteiger partial charge in [0.25, 0.3) is 0 Å². The van der Waals surface area contributed by atoms with Crippen LogP contribution in [-0.2, 0) is 11.2 Å². The molecule has 0 radical (unpaired) electrons. The third-order valence-electron chi connectivity index (χ3n) is 3.70. The quantitative estimate of drug-likeness (QED) is 0.188. The van der Waals surface area contributed by atoms with E-state index in [0.29, 0.717) is 25.4 Å². The average molecular weight is 356 g/mol. The number of hydrogen-bond donors (Lipinski definition) is 4. The maximum absolute atomic E-state index is 12.2. The second-order valence-corrected chi connectivity index (χ2v) is 6.28. The zero-order chi connectivity index (χ0) is 17.4. The zero-order valence-corrected chi connectivity index (χ0v) is 15.5. The van der Waals surface area contributed by atoms with E-state index >= 15 is 0 Å². The molecular weight excluding hydrogens is 326 g/mol. The van der Waals surface area contributed by atoms with E-state index in [0.717, 1.165) is 17.0 Å². The molecule has 1 aromatic carbocycles. The molecule has 0 spiro atoms. The van der Waals surface area contributed by atoms with Gasteiger partial charge in [0.15, 0.2) is 0 Å². The SMILES string of the molecule is CC(C)Cc1ccc([C@@H](C)C(=O)NCCCN(N)C(=N)N)cc1.Cl. The second-order valence-electron chi connectivity index (χ2n) is 6.28. The summed E-state index contributed by atoms with van der Waals surface area (Å²) in [6.07, 6.45) is 1.69. The van der Waals surface area contributed by atoms with Crippen LogP contribution in [-0.4, -0.2) is 30.0 Å². The Morgan fingerprint density at radius 2 is 1.83 bits per heavy atom. The van der Waals surface area contributed by atoms with Crippen LogP contribution in [0, 0.1) is 11.3 Å². The van der Waals surface area contributed by atoms with E-state index in [1.807, 2.05) is 19.1 Å². The maximum Gasteiger partial charge on any atom is 0.227 e. The lowest BCUT2D eigenvalue weighted by atomic mass is 9.96. The fourth-order valence-electron chi connectivity index (χ4n) is 2.30. The Bertz CT molecular complexity index is 518. The van der Waals surface area contributed by atoms with E-state index in [-0.39, 0.29) is 30.2 Å². The zero-order valence-electron chi connectivity index (χ0n) is 14.7. The average Bonchev–Trinajstić information content (AvgIpc) is 2.50. The number of halogens is 1. The summed E-state index contributed by atoms with van der Waals surface area (Å²) in [6, 6.07) is 8.25. The van der Waals surface area contributed by atoms with Crippen molar-refractivity contribution < 1.29 is 4.79 Å². The molecule has 136 valence electrons. The minimum absolute atomic E-state index is 0. The number of nitrogens with zero attached hydrogens (tertiary/aromatic N) is 1. The molecule has 1 atom stereocenters. The van der Waals surface area contributed by atoms with Gasteiger partial charge in [0.2, 0.25) is 11.9 Å². The first kappa shape index (κ1) is 22.2. The topological polar surface area (TPSA) is 108 Å². The van der Waals surface area contributed by atoms with Crippen molar-refractivity contribution in [2.75, 3.05) is 13.1 Å². The molecular formula is C17H30ClN5O. The third-order valence-corrected chi connectivity index (χ3v) is 3.70. The first-order valence-electron chi connectivity index (χ1n) is 8.04. The molecule has 0 unspecified atom stereocenters. The minimum Gasteiger partial charge on any atom is -0.369 e. The number of guanidine groups is 1. The van der Waals surface area contributed by atoms with Crippen molar-refractivity contribution in [2.24, 2.45) is 17.5 Å². The Labute approximate surface area is 150 Å². The Hall–Kier alpha value is -1.79. The number of nitrogens with one attached hydrogen (secondary N) is 2. The first-order chi connectivity index (χ1) is 10.8. The Kier molecular flexibility index (Phi) is 10.1. The third kappa shape index (κ3) is 7.66. The van der Waals surface area contributed by atoms with Crippen LogP contribution in [0.4, 0.5) is 0 Å². The number of benzene rings is 1. The van der Waals surface area contributed by atoms with E-state index in [4.69, 9.17) is 17.0 Å². The maximum atomic E-state index is 12.2. The van der Waals surface area contributed by atoms with E-state index in [9.17, 15) is 4.79 Å². The number of carbonyl (C=O) groups excluding carboxylic acids is 1. The molecule has 0 saturated carbocycles.